The van der Waals surface area contributed by atoms with Gasteiger partial charge in [0.1, 0.15) is 14.1 Å². The summed E-state index contributed by atoms with van der Waals surface area (Å²) in [6.07, 6.45) is 12.0. The lowest BCUT2D eigenvalue weighted by Crippen LogP contribution is -3.00. The molecule has 6 heteroatoms. The van der Waals surface area contributed by atoms with Gasteiger partial charge in [0.2, 0.25) is 0 Å². The molecule has 0 saturated carbocycles. The summed E-state index contributed by atoms with van der Waals surface area (Å²) in [6.45, 7) is 4.59. The molecule has 0 unspecified atom stereocenters. The maximum absolute atomic E-state index is 2.45. The molecule has 0 fully saturated rings. The lowest BCUT2D eigenvalue weighted by molar-refractivity contribution is -0.671. The molecule has 0 radical (unpaired) electrons. The standard InChI is InChI=1S/C39H36N2S2.2HI/c1-26-36(24-38(42-26)32-12-8-28(9-13-32)30-16-20-40(3)21-17-30)34-6-5-7-35(34)37-25-39(43-27(37)2)33-14-10-29(11-15-33)31-18-22-41(4)23-19-31;;/h8-25H,5-7H2,1-4H3;2*1H/q+2;;/p-2. The van der Waals surface area contributed by atoms with Gasteiger partial charge in [-0.1, -0.05) is 48.5 Å². The van der Waals surface area contributed by atoms with E-state index in [2.05, 4.69) is 147 Å². The number of thiophene rings is 2. The molecule has 45 heavy (non-hydrogen) atoms. The average Bonchev–Trinajstić information content (AvgIpc) is 3.76. The molecule has 2 aromatic carbocycles. The van der Waals surface area contributed by atoms with E-state index in [0.29, 0.717) is 0 Å². The van der Waals surface area contributed by atoms with Gasteiger partial charge in [0.05, 0.1) is 0 Å². The molecule has 0 spiro atoms. The van der Waals surface area contributed by atoms with Crippen LogP contribution < -0.4 is 57.1 Å². The van der Waals surface area contributed by atoms with E-state index in [1.165, 1.54) is 70.4 Å². The van der Waals surface area contributed by atoms with Crippen LogP contribution in [0.1, 0.15) is 40.1 Å². The molecule has 0 bridgehead atoms. The van der Waals surface area contributed by atoms with E-state index < -0.39 is 0 Å². The molecule has 0 saturated heterocycles. The number of nitrogens with zero attached hydrogens (tertiary/aromatic N) is 2. The maximum Gasteiger partial charge on any atom is 0.169 e. The first kappa shape index (κ1) is 33.7. The molecule has 4 heterocycles. The normalized spacial score (nSPS) is 12.6. The first-order valence-corrected chi connectivity index (χ1v) is 16.6. The number of rotatable bonds is 6. The van der Waals surface area contributed by atoms with Gasteiger partial charge in [-0.2, -0.15) is 0 Å². The van der Waals surface area contributed by atoms with Gasteiger partial charge in [-0.25, -0.2) is 9.13 Å². The summed E-state index contributed by atoms with van der Waals surface area (Å²) in [5, 5.41) is 0. The molecule has 7 rings (SSSR count). The van der Waals surface area contributed by atoms with Crippen molar-refractivity contribution in [2.75, 3.05) is 0 Å². The number of allylic oxidation sites excluding steroid dienone is 2. The lowest BCUT2D eigenvalue weighted by Gasteiger charge is -2.07. The Morgan fingerprint density at radius 2 is 0.778 bits per heavy atom. The molecule has 0 amide bonds. The minimum absolute atomic E-state index is 0. The molecule has 4 aromatic heterocycles. The SMILES string of the molecule is Cc1sc(-c2ccc(-c3cc[n+](C)cc3)cc2)cc1C1=C(c2cc(-c3ccc(-c4cc[n+](C)cc4)cc3)sc2C)CCC1.[I-].[I-]. The van der Waals surface area contributed by atoms with Crippen molar-refractivity contribution in [2.45, 2.75) is 33.1 Å². The minimum atomic E-state index is 0. The van der Waals surface area contributed by atoms with Crippen LogP contribution in [0, 0.1) is 13.8 Å². The van der Waals surface area contributed by atoms with Crippen LogP contribution in [0.5, 0.6) is 0 Å². The first-order chi connectivity index (χ1) is 20.9. The predicted molar refractivity (Wildman–Crippen MR) is 183 cm³/mol. The third-order valence-corrected chi connectivity index (χ3v) is 10.9. The Labute approximate surface area is 309 Å². The number of hydrogen-bond donors (Lipinski definition) is 0. The van der Waals surface area contributed by atoms with Crippen LogP contribution in [0.25, 0.3) is 54.3 Å². The Hall–Kier alpha value is -2.66. The van der Waals surface area contributed by atoms with Crippen molar-refractivity contribution in [3.05, 3.63) is 131 Å². The van der Waals surface area contributed by atoms with Gasteiger partial charge < -0.3 is 48.0 Å². The summed E-state index contributed by atoms with van der Waals surface area (Å²) in [7, 11) is 4.11. The Bertz CT molecular complexity index is 1810. The van der Waals surface area contributed by atoms with Gasteiger partial charge in [-0.05, 0) is 101 Å². The fraction of sp³-hybridized carbons (Fsp3) is 0.179. The number of pyridine rings is 2. The van der Waals surface area contributed by atoms with Gasteiger partial charge in [-0.15, -0.1) is 22.7 Å². The molecule has 1 aliphatic carbocycles. The molecule has 0 N–H and O–H groups in total. The lowest BCUT2D eigenvalue weighted by atomic mass is 9.96. The second-order valence-corrected chi connectivity index (χ2v) is 14.1. The predicted octanol–water partition coefficient (Wildman–Crippen LogP) is 3.85. The topological polar surface area (TPSA) is 7.76 Å². The number of halogens is 2. The van der Waals surface area contributed by atoms with Crippen molar-refractivity contribution in [1.29, 1.82) is 0 Å². The maximum atomic E-state index is 2.45. The second kappa shape index (κ2) is 14.4. The molecular weight excluding hydrogens is 814 g/mol. The van der Waals surface area contributed by atoms with Gasteiger partial charge in [0.25, 0.3) is 0 Å². The minimum Gasteiger partial charge on any atom is -1.00 e. The summed E-state index contributed by atoms with van der Waals surface area (Å²) in [5.74, 6) is 0. The molecule has 6 aromatic rings. The highest BCUT2D eigenvalue weighted by molar-refractivity contribution is 7.16. The van der Waals surface area contributed by atoms with E-state index in [4.69, 9.17) is 0 Å². The fourth-order valence-electron chi connectivity index (χ4n) is 6.23. The smallest absolute Gasteiger partial charge is 0.169 e. The van der Waals surface area contributed by atoms with Gasteiger partial charge >= 0.3 is 0 Å². The van der Waals surface area contributed by atoms with Crippen LogP contribution in [0.3, 0.4) is 0 Å². The highest BCUT2D eigenvalue weighted by Gasteiger charge is 2.23. The first-order valence-electron chi connectivity index (χ1n) is 15.0. The molecule has 2 nitrogen and oxygen atoms in total. The van der Waals surface area contributed by atoms with Crippen molar-refractivity contribution in [1.82, 2.24) is 0 Å². The van der Waals surface area contributed by atoms with Crippen LogP contribution in [-0.4, -0.2) is 0 Å². The van der Waals surface area contributed by atoms with Crippen molar-refractivity contribution < 1.29 is 57.1 Å². The highest BCUT2D eigenvalue weighted by atomic mass is 127. The Kier molecular flexibility index (Phi) is 10.8. The summed E-state index contributed by atoms with van der Waals surface area (Å²) in [4.78, 5) is 5.55. The second-order valence-electron chi connectivity index (χ2n) is 11.6. The summed E-state index contributed by atoms with van der Waals surface area (Å²) in [6, 6.07) is 31.7. The van der Waals surface area contributed by atoms with Gasteiger partial charge in [-0.3, -0.25) is 0 Å². The van der Waals surface area contributed by atoms with Gasteiger partial charge in [0, 0.05) is 43.8 Å². The third kappa shape index (κ3) is 7.04. The van der Waals surface area contributed by atoms with Crippen molar-refractivity contribution in [3.63, 3.8) is 0 Å². The van der Waals surface area contributed by atoms with Crippen LogP contribution in [0.2, 0.25) is 0 Å². The largest absolute Gasteiger partial charge is 1.00 e. The summed E-state index contributed by atoms with van der Waals surface area (Å²) >= 11 is 3.85. The Morgan fingerprint density at radius 3 is 1.13 bits per heavy atom. The molecular formula is C39H36I2N2S2. The van der Waals surface area contributed by atoms with Crippen molar-refractivity contribution >= 4 is 33.8 Å². The number of hydrogen-bond acceptors (Lipinski definition) is 2. The van der Waals surface area contributed by atoms with Crippen LogP contribution >= 0.6 is 22.7 Å². The van der Waals surface area contributed by atoms with E-state index in [0.717, 1.165) is 12.8 Å². The van der Waals surface area contributed by atoms with E-state index in [9.17, 15) is 0 Å². The molecule has 228 valence electrons. The van der Waals surface area contributed by atoms with E-state index in [1.807, 2.05) is 22.7 Å². The van der Waals surface area contributed by atoms with E-state index in [-0.39, 0.29) is 48.0 Å². The van der Waals surface area contributed by atoms with E-state index >= 15 is 0 Å². The zero-order valence-corrected chi connectivity index (χ0v) is 31.9. The number of benzene rings is 2. The average molecular weight is 851 g/mol. The van der Waals surface area contributed by atoms with E-state index in [1.54, 1.807) is 11.1 Å². The van der Waals surface area contributed by atoms with Crippen LogP contribution in [0.4, 0.5) is 0 Å². The molecule has 0 aliphatic heterocycles. The van der Waals surface area contributed by atoms with Crippen LogP contribution in [0.15, 0.2) is 110 Å². The van der Waals surface area contributed by atoms with Gasteiger partial charge in [0.15, 0.2) is 24.8 Å². The Morgan fingerprint density at radius 1 is 0.467 bits per heavy atom. The fourth-order valence-corrected chi connectivity index (χ4v) is 8.33. The van der Waals surface area contributed by atoms with Crippen molar-refractivity contribution in [2.24, 2.45) is 14.1 Å². The monoisotopic (exact) mass is 850 g/mol. The Balaban J connectivity index is 0.00000200. The zero-order valence-electron chi connectivity index (χ0n) is 26.0. The highest BCUT2D eigenvalue weighted by Crippen LogP contribution is 2.47. The number of aromatic nitrogens is 2. The summed E-state index contributed by atoms with van der Waals surface area (Å²) in [5.41, 5.74) is 13.6. The number of aryl methyl sites for hydroxylation is 4. The molecule has 1 aliphatic rings. The zero-order chi connectivity index (χ0) is 29.5. The van der Waals surface area contributed by atoms with Crippen LogP contribution in [-0.2, 0) is 14.1 Å². The summed E-state index contributed by atoms with van der Waals surface area (Å²) < 4.78 is 4.14. The third-order valence-electron chi connectivity index (χ3n) is 8.67. The molecule has 0 atom stereocenters. The quantitative estimate of drug-likeness (QED) is 0.178. The van der Waals surface area contributed by atoms with Crippen molar-refractivity contribution in [3.8, 4) is 43.1 Å².